The van der Waals surface area contributed by atoms with E-state index in [0.717, 1.165) is 27.4 Å². The lowest BCUT2D eigenvalue weighted by Crippen LogP contribution is -2.29. The number of ether oxygens (including phenoxy) is 2. The molecule has 6 rings (SSSR count). The maximum Gasteiger partial charge on any atom is 0.287 e. The number of furan rings is 1. The Morgan fingerprint density at radius 1 is 1.07 bits per heavy atom. The van der Waals surface area contributed by atoms with Crippen LogP contribution < -0.4 is 14.8 Å². The number of methoxy groups -OCH3 is 2. The second-order valence-corrected chi connectivity index (χ2v) is 12.0. The van der Waals surface area contributed by atoms with Crippen LogP contribution in [0.1, 0.15) is 44.8 Å². The predicted octanol–water partition coefficient (Wildman–Crippen LogP) is 5.65. The van der Waals surface area contributed by atoms with Gasteiger partial charge in [0.05, 0.1) is 49.4 Å². The lowest BCUT2D eigenvalue weighted by Gasteiger charge is -2.24. The van der Waals surface area contributed by atoms with Crippen LogP contribution in [0.25, 0.3) is 5.69 Å². The van der Waals surface area contributed by atoms with Gasteiger partial charge in [0.15, 0.2) is 28.2 Å². The molecule has 0 radical (unpaired) electrons. The number of hydrogen-bond donors (Lipinski definition) is 1. The number of hydrogen-bond acceptors (Lipinski definition) is 10. The number of nitrogens with zero attached hydrogens (tertiary/aromatic N) is 5. The van der Waals surface area contributed by atoms with Crippen molar-refractivity contribution in [3.63, 3.8) is 0 Å². The first kappa shape index (κ1) is 30.2. The number of para-hydroxylation sites is 1. The largest absolute Gasteiger partial charge is 0.493 e. The Labute approximate surface area is 267 Å². The van der Waals surface area contributed by atoms with E-state index in [2.05, 4.69) is 15.5 Å². The van der Waals surface area contributed by atoms with Crippen molar-refractivity contribution in [2.75, 3.05) is 20.0 Å². The van der Waals surface area contributed by atoms with Crippen LogP contribution >= 0.6 is 23.1 Å². The van der Waals surface area contributed by atoms with Crippen LogP contribution in [0, 0.1) is 6.92 Å². The first-order chi connectivity index (χ1) is 22.0. The molecule has 1 atom stereocenters. The van der Waals surface area contributed by atoms with Gasteiger partial charge in [0.25, 0.3) is 11.8 Å². The summed E-state index contributed by atoms with van der Waals surface area (Å²) in [6.45, 7) is 2.10. The molecule has 45 heavy (non-hydrogen) atoms. The van der Waals surface area contributed by atoms with Crippen LogP contribution in [-0.4, -0.2) is 57.3 Å². The second kappa shape index (κ2) is 13.4. The summed E-state index contributed by atoms with van der Waals surface area (Å²) < 4.78 is 18.3. The monoisotopic (exact) mass is 642 g/mol. The van der Waals surface area contributed by atoms with Gasteiger partial charge in [-0.3, -0.25) is 14.2 Å². The van der Waals surface area contributed by atoms with Gasteiger partial charge in [0, 0.05) is 17.7 Å². The molecule has 0 saturated heterocycles. The molecule has 1 N–H and O–H groups in total. The summed E-state index contributed by atoms with van der Waals surface area (Å²) in [5.74, 6) is 1.34. The highest BCUT2D eigenvalue weighted by Crippen LogP contribution is 2.42. The van der Waals surface area contributed by atoms with Gasteiger partial charge in [0.1, 0.15) is 0 Å². The molecular formula is C32H30N6O5S2. The number of carbonyl (C=O) groups excluding carboxylic acids is 2. The van der Waals surface area contributed by atoms with Gasteiger partial charge in [-0.05, 0) is 54.3 Å². The number of carbonyl (C=O) groups is 2. The summed E-state index contributed by atoms with van der Waals surface area (Å²) in [7, 11) is 3.18. The number of thioether (sulfide) groups is 1. The fourth-order valence-corrected chi connectivity index (χ4v) is 6.67. The number of thiophene rings is 1. The van der Waals surface area contributed by atoms with Crippen molar-refractivity contribution < 1.29 is 23.5 Å². The van der Waals surface area contributed by atoms with Gasteiger partial charge in [0.2, 0.25) is 0 Å². The first-order valence-electron chi connectivity index (χ1n) is 14.1. The fraction of sp³-hybridized carbons (Fsp3) is 0.219. The van der Waals surface area contributed by atoms with E-state index in [1.165, 1.54) is 23.0 Å². The van der Waals surface area contributed by atoms with Crippen molar-refractivity contribution >= 4 is 40.6 Å². The summed E-state index contributed by atoms with van der Waals surface area (Å²) in [4.78, 5) is 27.5. The number of amides is 2. The third kappa shape index (κ3) is 6.35. The van der Waals surface area contributed by atoms with Crippen molar-refractivity contribution in [3.05, 3.63) is 106 Å². The smallest absolute Gasteiger partial charge is 0.287 e. The second-order valence-electron chi connectivity index (χ2n) is 10.1. The highest BCUT2D eigenvalue weighted by atomic mass is 32.2. The van der Waals surface area contributed by atoms with E-state index in [9.17, 15) is 9.59 Å². The van der Waals surface area contributed by atoms with Crippen molar-refractivity contribution in [1.82, 2.24) is 25.1 Å². The molecule has 230 valence electrons. The van der Waals surface area contributed by atoms with Gasteiger partial charge in [-0.15, -0.1) is 21.5 Å². The minimum absolute atomic E-state index is 0.0483. The molecule has 0 aliphatic carbocycles. The number of aryl methyl sites for hydroxylation is 1. The van der Waals surface area contributed by atoms with E-state index in [4.69, 9.17) is 19.0 Å². The number of benzene rings is 2. The van der Waals surface area contributed by atoms with Gasteiger partial charge >= 0.3 is 0 Å². The Morgan fingerprint density at radius 3 is 2.67 bits per heavy atom. The average Bonchev–Trinajstić information content (AvgIpc) is 3.89. The molecule has 0 spiro atoms. The van der Waals surface area contributed by atoms with E-state index in [-0.39, 0.29) is 35.9 Å². The van der Waals surface area contributed by atoms with Gasteiger partial charge in [-0.1, -0.05) is 42.1 Å². The van der Waals surface area contributed by atoms with Crippen LogP contribution in [0.5, 0.6) is 11.5 Å². The third-order valence-electron chi connectivity index (χ3n) is 7.20. The van der Waals surface area contributed by atoms with Crippen LogP contribution in [0.4, 0.5) is 0 Å². The Kier molecular flexibility index (Phi) is 8.98. The molecule has 2 aromatic carbocycles. The molecule has 4 heterocycles. The van der Waals surface area contributed by atoms with E-state index < -0.39 is 0 Å². The molecule has 1 aliphatic rings. The molecule has 5 aromatic rings. The van der Waals surface area contributed by atoms with Crippen LogP contribution in [-0.2, 0) is 11.3 Å². The van der Waals surface area contributed by atoms with E-state index >= 15 is 0 Å². The van der Waals surface area contributed by atoms with E-state index in [0.29, 0.717) is 28.9 Å². The first-order valence-corrected chi connectivity index (χ1v) is 15.9. The number of hydrazone groups is 1. The van der Waals surface area contributed by atoms with Crippen LogP contribution in [0.3, 0.4) is 0 Å². The maximum absolute atomic E-state index is 13.9. The molecule has 2 amide bonds. The molecule has 0 unspecified atom stereocenters. The SMILES string of the molecule is COc1cccc([C@@H]2CC(c3cccs3)=NN2C(=O)CSc2nnc(CNC(=O)c3ccco3)n2-c2cccc(C)c2)c1OC. The lowest BCUT2D eigenvalue weighted by molar-refractivity contribution is -0.130. The lowest BCUT2D eigenvalue weighted by atomic mass is 9.99. The normalized spacial score (nSPS) is 14.3. The summed E-state index contributed by atoms with van der Waals surface area (Å²) in [6.07, 6.45) is 1.97. The number of nitrogens with one attached hydrogen (secondary N) is 1. The zero-order chi connectivity index (χ0) is 31.3. The summed E-state index contributed by atoms with van der Waals surface area (Å²) in [5, 5.41) is 20.4. The van der Waals surface area contributed by atoms with Gasteiger partial charge in [-0.25, -0.2) is 5.01 Å². The molecule has 13 heteroatoms. The molecular weight excluding hydrogens is 613 g/mol. The highest BCUT2D eigenvalue weighted by Gasteiger charge is 2.36. The molecule has 0 saturated carbocycles. The van der Waals surface area contributed by atoms with Crippen molar-refractivity contribution in [3.8, 4) is 17.2 Å². The van der Waals surface area contributed by atoms with E-state index in [1.807, 2.05) is 71.5 Å². The quantitative estimate of drug-likeness (QED) is 0.184. The molecule has 0 fully saturated rings. The topological polar surface area (TPSA) is 124 Å². The van der Waals surface area contributed by atoms with E-state index in [1.54, 1.807) is 37.7 Å². The molecule has 0 bridgehead atoms. The van der Waals surface area contributed by atoms with Crippen LogP contribution in [0.15, 0.2) is 93.0 Å². The minimum Gasteiger partial charge on any atom is -0.493 e. The number of rotatable bonds is 11. The Morgan fingerprint density at radius 2 is 1.93 bits per heavy atom. The van der Waals surface area contributed by atoms with Gasteiger partial charge < -0.3 is 19.2 Å². The highest BCUT2D eigenvalue weighted by molar-refractivity contribution is 7.99. The zero-order valence-corrected chi connectivity index (χ0v) is 26.4. The Hall–Kier alpha value is -4.88. The maximum atomic E-state index is 13.9. The fourth-order valence-electron chi connectivity index (χ4n) is 5.13. The summed E-state index contributed by atoms with van der Waals surface area (Å²) >= 11 is 2.83. The summed E-state index contributed by atoms with van der Waals surface area (Å²) in [5.41, 5.74) is 3.50. The summed E-state index contributed by atoms with van der Waals surface area (Å²) in [6, 6.07) is 20.3. The van der Waals surface area contributed by atoms with Crippen molar-refractivity contribution in [1.29, 1.82) is 0 Å². The zero-order valence-electron chi connectivity index (χ0n) is 24.8. The standard InChI is InChI=1S/C32H30N6O5S2/c1-20-8-4-9-21(16-20)37-28(18-33-31(40)26-12-6-14-43-26)34-35-32(37)45-19-29(39)38-24(17-23(36-38)27-13-7-15-44-27)22-10-5-11-25(41-2)30(22)42-3/h4-16,24H,17-19H2,1-3H3,(H,33,40)/t24-/m0/s1. The Balaban J connectivity index is 1.27. The average molecular weight is 643 g/mol. The molecule has 3 aromatic heterocycles. The Bertz CT molecular complexity index is 1830. The van der Waals surface area contributed by atoms with Gasteiger partial charge in [-0.2, -0.15) is 5.10 Å². The predicted molar refractivity (Wildman–Crippen MR) is 171 cm³/mol. The van der Waals surface area contributed by atoms with Crippen molar-refractivity contribution in [2.45, 2.75) is 31.1 Å². The molecule has 1 aliphatic heterocycles. The third-order valence-corrected chi connectivity index (χ3v) is 9.03. The number of aromatic nitrogens is 3. The van der Waals surface area contributed by atoms with Crippen molar-refractivity contribution in [2.24, 2.45) is 5.10 Å². The van der Waals surface area contributed by atoms with Crippen LogP contribution in [0.2, 0.25) is 0 Å². The minimum atomic E-state index is -0.387. The molecule has 11 nitrogen and oxygen atoms in total.